The monoisotopic (exact) mass is 1620 g/mol. The van der Waals surface area contributed by atoms with Crippen molar-refractivity contribution in [2.45, 2.75) is 145 Å². The molecule has 105 heavy (non-hydrogen) atoms. The van der Waals surface area contributed by atoms with Gasteiger partial charge in [0.15, 0.2) is 18.6 Å². The molecule has 0 aliphatic heterocycles. The molecule has 7 aromatic heterocycles. The van der Waals surface area contributed by atoms with Crippen molar-refractivity contribution in [1.82, 2.24) is 19.9 Å². The summed E-state index contributed by atoms with van der Waals surface area (Å²) in [5.74, 6) is 0. The largest absolute Gasteiger partial charge is 0.357 e. The number of fused-ring (bicyclic) bond motifs is 9. The van der Waals surface area contributed by atoms with E-state index in [9.17, 15) is 0 Å². The summed E-state index contributed by atoms with van der Waals surface area (Å²) < 4.78 is 6.37. The summed E-state index contributed by atoms with van der Waals surface area (Å²) in [6.45, 7) is 42.4. The fraction of sp³-hybridized carbons (Fsp3) is 0.253. The molecule has 7 heterocycles. The molecule has 537 valence electrons. The Morgan fingerprint density at radius 2 is 0.629 bits per heavy atom. The van der Waals surface area contributed by atoms with Crippen LogP contribution in [0.3, 0.4) is 0 Å². The van der Waals surface area contributed by atoms with Crippen molar-refractivity contribution in [1.29, 1.82) is 0 Å². The number of aryl methyl sites for hydroxylation is 6. The fourth-order valence-electron chi connectivity index (χ4n) is 11.1. The average molecular weight is 1620 g/mol. The molecule has 10 heteroatoms. The van der Waals surface area contributed by atoms with Crippen LogP contribution in [0.4, 0.5) is 0 Å². The van der Waals surface area contributed by atoms with Gasteiger partial charge in [-0.05, 0) is 45.3 Å². The molecule has 0 N–H and O–H groups in total. The summed E-state index contributed by atoms with van der Waals surface area (Å²) in [7, 11) is 6.18. The third-order valence-corrected chi connectivity index (χ3v) is 15.6. The molecule has 0 saturated carbocycles. The van der Waals surface area contributed by atoms with Gasteiger partial charge < -0.3 is 9.97 Å². The first kappa shape index (κ1) is 95.7. The second-order valence-electron chi connectivity index (χ2n) is 21.1. The van der Waals surface area contributed by atoms with E-state index in [1.54, 1.807) is 0 Å². The smallest absolute Gasteiger partial charge is 0.161 e. The molecule has 0 unspecified atom stereocenters. The van der Waals surface area contributed by atoms with Crippen LogP contribution in [-0.4, -0.2) is 19.9 Å². The van der Waals surface area contributed by atoms with Gasteiger partial charge in [0, 0.05) is 145 Å². The quantitative estimate of drug-likeness (QED) is 0.0945. The van der Waals surface area contributed by atoms with Crippen LogP contribution < -0.4 is 13.7 Å². The van der Waals surface area contributed by atoms with Gasteiger partial charge in [-0.25, -0.2) is 13.7 Å². The minimum absolute atomic E-state index is 0. The number of rotatable bonds is 6. The molecule has 0 aliphatic carbocycles. The van der Waals surface area contributed by atoms with Crippen LogP contribution in [0.15, 0.2) is 231 Å². The average Bonchev–Trinajstić information content (AvgIpc) is 0.771. The SMILES string of the molecule is CC.CC.CC.CC.CC.CC.CC.CC.CC.Cc1ccc(-c2[c-]c3ccc4ccccc4c3nc2)[c-]c1-c1cccc[n+]1C.Cc1ccc(-c2[c-]c3cccnc3c3ccccc23)[c-]c1-c1cccc[n+]1C.Cc1ccc(-c2[c-]c3ncc4ccccc4c3nc2)[c-]c1-c1cccc[n+]1C.[Y].[Y].[Y]. The van der Waals surface area contributed by atoms with Gasteiger partial charge in [0.1, 0.15) is 38.2 Å². The fourth-order valence-corrected chi connectivity index (χ4v) is 11.1. The molecule has 0 spiro atoms. The van der Waals surface area contributed by atoms with Crippen molar-refractivity contribution in [2.75, 3.05) is 0 Å². The maximum atomic E-state index is 4.77. The standard InChI is InChI=1S/2C26H19N2.C25H18N3.9C2H6.3Y/c1-18-12-13-19(16-23(18)25-11-5-6-15-28(25)2)24-17-20-8-7-14-27-26(20)22-10-4-3-9-21(22)24;1-18-10-11-20(16-24(18)25-9-5-6-14-28(25)2)22-15-21-13-12-19-7-3-4-8-23(19)26(21)27-17-22;1-17-10-11-18(13-22(17)24-9-5-6-12-28(24)2)20-14-23-25(27-16-20)21-8-4-3-7-19(21)15-26-23;9*1-2;;;/h3-15H,1-2H3;3-14,17H,1-2H3;3-12,15-16H,1-2H3;9*1-2H3;;;/q3*-1;;;;;;;;;;;;. The second-order valence-corrected chi connectivity index (χ2v) is 21.1. The van der Waals surface area contributed by atoms with Crippen molar-refractivity contribution in [3.05, 3.63) is 285 Å². The summed E-state index contributed by atoms with van der Waals surface area (Å²) in [5.41, 5.74) is 19.9. The summed E-state index contributed by atoms with van der Waals surface area (Å²) in [4.78, 5) is 18.6. The first-order valence-corrected chi connectivity index (χ1v) is 37.0. The molecular weight excluding hydrogens is 1510 g/mol. The first-order valence-electron chi connectivity index (χ1n) is 37.0. The van der Waals surface area contributed by atoms with Crippen LogP contribution in [0.5, 0.6) is 0 Å². The Hall–Kier alpha value is -7.32. The molecule has 3 radical (unpaired) electrons. The molecule has 0 atom stereocenters. The van der Waals surface area contributed by atoms with Crippen molar-refractivity contribution < 1.29 is 112 Å². The zero-order valence-electron chi connectivity index (χ0n) is 67.3. The summed E-state index contributed by atoms with van der Waals surface area (Å²) in [6.07, 6.45) is 13.7. The van der Waals surface area contributed by atoms with Crippen molar-refractivity contribution in [2.24, 2.45) is 21.1 Å². The molecule has 0 aliphatic rings. The van der Waals surface area contributed by atoms with Gasteiger partial charge in [0.05, 0.1) is 0 Å². The molecule has 0 bridgehead atoms. The van der Waals surface area contributed by atoms with Gasteiger partial charge in [0.2, 0.25) is 0 Å². The number of benzene rings is 8. The number of hydrogen-bond donors (Lipinski definition) is 0. The van der Waals surface area contributed by atoms with Gasteiger partial charge >= 0.3 is 0 Å². The Labute approximate surface area is 707 Å². The van der Waals surface area contributed by atoms with E-state index in [4.69, 9.17) is 9.97 Å². The zero-order valence-corrected chi connectivity index (χ0v) is 75.8. The molecule has 0 saturated heterocycles. The van der Waals surface area contributed by atoms with Gasteiger partial charge in [0.25, 0.3) is 0 Å². The Bertz CT molecular complexity index is 4820. The minimum Gasteiger partial charge on any atom is -0.357 e. The topological polar surface area (TPSA) is 63.2 Å². The third kappa shape index (κ3) is 24.3. The maximum absolute atomic E-state index is 4.77. The van der Waals surface area contributed by atoms with E-state index in [2.05, 4.69) is 253 Å². The number of nitrogens with zero attached hydrogens (tertiary/aromatic N) is 7. The summed E-state index contributed by atoms with van der Waals surface area (Å²) >= 11 is 0. The molecule has 15 rings (SSSR count). The maximum Gasteiger partial charge on any atom is 0.161 e. The van der Waals surface area contributed by atoms with E-state index >= 15 is 0 Å². The van der Waals surface area contributed by atoms with E-state index in [0.29, 0.717) is 0 Å². The van der Waals surface area contributed by atoms with Crippen LogP contribution in [0.1, 0.15) is 141 Å². The Balaban J connectivity index is 0.000000700. The van der Waals surface area contributed by atoms with Crippen LogP contribution in [0.25, 0.3) is 132 Å². The number of hydrogen-bond acceptors (Lipinski definition) is 4. The van der Waals surface area contributed by atoms with Gasteiger partial charge in [-0.2, -0.15) is 88.0 Å². The Morgan fingerprint density at radius 3 is 1.10 bits per heavy atom. The second kappa shape index (κ2) is 51.8. The Morgan fingerprint density at radius 1 is 0.257 bits per heavy atom. The molecular formula is C95H110N7Y3-3. The normalized spacial score (nSPS) is 9.49. The molecule has 0 fully saturated rings. The van der Waals surface area contributed by atoms with Crippen LogP contribution in [-0.2, 0) is 119 Å². The van der Waals surface area contributed by atoms with Gasteiger partial charge in [-0.1, -0.05) is 283 Å². The molecule has 8 aromatic carbocycles. The van der Waals surface area contributed by atoms with Crippen molar-refractivity contribution in [3.63, 3.8) is 0 Å². The molecule has 15 aromatic rings. The van der Waals surface area contributed by atoms with Crippen LogP contribution in [0, 0.1) is 57.2 Å². The van der Waals surface area contributed by atoms with E-state index in [-0.39, 0.29) is 98.1 Å². The van der Waals surface area contributed by atoms with Crippen LogP contribution >= 0.6 is 0 Å². The van der Waals surface area contributed by atoms with Crippen molar-refractivity contribution in [3.8, 4) is 67.2 Å². The first-order chi connectivity index (χ1) is 50.1. The van der Waals surface area contributed by atoms with E-state index in [1.807, 2.05) is 205 Å². The third-order valence-electron chi connectivity index (χ3n) is 15.6. The molecule has 7 nitrogen and oxygen atoms in total. The van der Waals surface area contributed by atoms with Gasteiger partial charge in [-0.3, -0.25) is 9.97 Å². The summed E-state index contributed by atoms with van der Waals surface area (Å²) in [6, 6.07) is 86.0. The van der Waals surface area contributed by atoms with E-state index in [0.717, 1.165) is 127 Å². The van der Waals surface area contributed by atoms with E-state index in [1.165, 1.54) is 22.1 Å². The van der Waals surface area contributed by atoms with Crippen LogP contribution in [0.2, 0.25) is 0 Å². The van der Waals surface area contributed by atoms with Crippen molar-refractivity contribution >= 4 is 65.2 Å². The Kier molecular flexibility index (Phi) is 47.2. The van der Waals surface area contributed by atoms with Gasteiger partial charge in [-0.15, -0.1) is 63.2 Å². The summed E-state index contributed by atoms with van der Waals surface area (Å²) in [5, 5.41) is 8.89. The predicted octanol–water partition coefficient (Wildman–Crippen LogP) is 25.0. The number of pyridine rings is 7. The predicted molar refractivity (Wildman–Crippen MR) is 441 cm³/mol. The zero-order chi connectivity index (χ0) is 75.3. The number of aromatic nitrogens is 7. The molecule has 0 amide bonds. The minimum atomic E-state index is 0. The van der Waals surface area contributed by atoms with E-state index < -0.39 is 0 Å².